The fraction of sp³-hybridized carbons (Fsp3) is 0.214. The molecule has 18 heavy (non-hydrogen) atoms. The first-order valence-electron chi connectivity index (χ1n) is 5.87. The molecule has 0 spiro atoms. The average Bonchev–Trinajstić information content (AvgIpc) is 2.43. The number of hydrogen-bond acceptors (Lipinski definition) is 4. The molecule has 0 aliphatic carbocycles. The monoisotopic (exact) mass is 238 g/mol. The summed E-state index contributed by atoms with van der Waals surface area (Å²) in [6, 6.07) is 9.75. The van der Waals surface area contributed by atoms with Gasteiger partial charge in [-0.05, 0) is 19.4 Å². The largest absolute Gasteiger partial charge is 0.382 e. The smallest absolute Gasteiger partial charge is 0.186 e. The Hall–Kier alpha value is -2.41. The highest BCUT2D eigenvalue weighted by Crippen LogP contribution is 2.23. The molecule has 0 atom stereocenters. The number of nitrogens with one attached hydrogen (secondary N) is 1. The van der Waals surface area contributed by atoms with Crippen LogP contribution in [0.2, 0.25) is 0 Å². The molecule has 1 heterocycles. The van der Waals surface area contributed by atoms with Gasteiger partial charge < -0.3 is 5.32 Å². The molecular formula is C14H14N4. The quantitative estimate of drug-likeness (QED) is 0.657. The van der Waals surface area contributed by atoms with E-state index in [4.69, 9.17) is 5.26 Å². The number of rotatable bonds is 4. The van der Waals surface area contributed by atoms with E-state index in [9.17, 15) is 0 Å². The number of fused-ring (bicyclic) bond motifs is 1. The second-order valence-corrected chi connectivity index (χ2v) is 3.84. The van der Waals surface area contributed by atoms with E-state index < -0.39 is 0 Å². The third-order valence-electron chi connectivity index (χ3n) is 2.62. The van der Waals surface area contributed by atoms with Crippen LogP contribution in [0.3, 0.4) is 0 Å². The van der Waals surface area contributed by atoms with E-state index >= 15 is 0 Å². The van der Waals surface area contributed by atoms with Crippen LogP contribution in [0.15, 0.2) is 36.4 Å². The maximum atomic E-state index is 9.07. The summed E-state index contributed by atoms with van der Waals surface area (Å²) in [5, 5.41) is 21.2. The van der Waals surface area contributed by atoms with Gasteiger partial charge in [-0.3, -0.25) is 0 Å². The van der Waals surface area contributed by atoms with Crippen molar-refractivity contribution in [3.8, 4) is 6.07 Å². The van der Waals surface area contributed by atoms with E-state index in [1.54, 1.807) is 0 Å². The first-order chi connectivity index (χ1) is 8.86. The van der Waals surface area contributed by atoms with Crippen LogP contribution in [-0.4, -0.2) is 16.7 Å². The highest BCUT2D eigenvalue weighted by Gasteiger charge is 2.08. The Morgan fingerprint density at radius 3 is 2.94 bits per heavy atom. The lowest BCUT2D eigenvalue weighted by Gasteiger charge is -2.09. The van der Waals surface area contributed by atoms with Crippen molar-refractivity contribution in [1.82, 2.24) is 10.2 Å². The Bertz CT molecular complexity index is 611. The summed E-state index contributed by atoms with van der Waals surface area (Å²) in [5.41, 5.74) is 1.91. The molecule has 4 heteroatoms. The van der Waals surface area contributed by atoms with E-state index in [-0.39, 0.29) is 0 Å². The number of benzene rings is 1. The molecule has 2 aromatic rings. The number of nitrogens with zero attached hydrogens (tertiary/aromatic N) is 3. The Balaban J connectivity index is 2.36. The van der Waals surface area contributed by atoms with Gasteiger partial charge in [0.2, 0.25) is 0 Å². The summed E-state index contributed by atoms with van der Waals surface area (Å²) in [6.07, 6.45) is 5.00. The second-order valence-electron chi connectivity index (χ2n) is 3.84. The first-order valence-corrected chi connectivity index (χ1v) is 5.87. The van der Waals surface area contributed by atoms with Crippen molar-refractivity contribution < 1.29 is 0 Å². The molecule has 0 radical (unpaired) electrons. The molecule has 0 unspecified atom stereocenters. The van der Waals surface area contributed by atoms with Crippen LogP contribution >= 0.6 is 0 Å². The molecule has 90 valence electrons. The molecule has 4 nitrogen and oxygen atoms in total. The van der Waals surface area contributed by atoms with Gasteiger partial charge in [-0.2, -0.15) is 5.26 Å². The number of allylic oxidation sites excluding steroid dienone is 1. The van der Waals surface area contributed by atoms with E-state index in [0.717, 1.165) is 29.6 Å². The highest BCUT2D eigenvalue weighted by molar-refractivity contribution is 5.92. The Morgan fingerprint density at radius 2 is 2.17 bits per heavy atom. The molecule has 0 aliphatic heterocycles. The molecule has 0 saturated heterocycles. The number of anilines is 1. The molecule has 0 saturated carbocycles. The Morgan fingerprint density at radius 1 is 1.33 bits per heavy atom. The number of nitriles is 1. The summed E-state index contributed by atoms with van der Waals surface area (Å²) in [6.45, 7) is 2.76. The Labute approximate surface area is 106 Å². The molecule has 0 bridgehead atoms. The van der Waals surface area contributed by atoms with Crippen molar-refractivity contribution in [1.29, 1.82) is 5.26 Å². The van der Waals surface area contributed by atoms with Gasteiger partial charge in [0.05, 0.1) is 11.2 Å². The van der Waals surface area contributed by atoms with Crippen molar-refractivity contribution in [2.45, 2.75) is 13.3 Å². The van der Waals surface area contributed by atoms with Crippen LogP contribution in [0.1, 0.15) is 19.0 Å². The third kappa shape index (κ3) is 2.46. The molecule has 0 aliphatic rings. The molecule has 0 fully saturated rings. The predicted molar refractivity (Wildman–Crippen MR) is 72.2 cm³/mol. The maximum Gasteiger partial charge on any atom is 0.186 e. The van der Waals surface area contributed by atoms with Gasteiger partial charge in [-0.15, -0.1) is 10.2 Å². The van der Waals surface area contributed by atoms with Gasteiger partial charge in [0.15, 0.2) is 5.69 Å². The lowest BCUT2D eigenvalue weighted by molar-refractivity contribution is 1.02. The predicted octanol–water partition coefficient (Wildman–Crippen LogP) is 2.88. The number of hydrogen-bond donors (Lipinski definition) is 1. The zero-order valence-corrected chi connectivity index (χ0v) is 10.2. The lowest BCUT2D eigenvalue weighted by Crippen LogP contribution is -2.05. The zero-order valence-electron chi connectivity index (χ0n) is 10.2. The van der Waals surface area contributed by atoms with Crippen molar-refractivity contribution in [3.63, 3.8) is 0 Å². The topological polar surface area (TPSA) is 61.6 Å². The molecule has 2 rings (SSSR count). The van der Waals surface area contributed by atoms with Gasteiger partial charge in [-0.1, -0.05) is 30.4 Å². The van der Waals surface area contributed by atoms with E-state index in [1.807, 2.05) is 37.3 Å². The second kappa shape index (κ2) is 5.78. The number of aromatic nitrogens is 2. The summed E-state index contributed by atoms with van der Waals surface area (Å²) < 4.78 is 0. The minimum Gasteiger partial charge on any atom is -0.382 e. The van der Waals surface area contributed by atoms with Crippen molar-refractivity contribution in [3.05, 3.63) is 42.1 Å². The van der Waals surface area contributed by atoms with E-state index in [1.165, 1.54) is 0 Å². The summed E-state index contributed by atoms with van der Waals surface area (Å²) >= 11 is 0. The lowest BCUT2D eigenvalue weighted by atomic mass is 10.1. The molecular weight excluding hydrogens is 224 g/mol. The van der Waals surface area contributed by atoms with Crippen LogP contribution in [0.4, 0.5) is 5.69 Å². The summed E-state index contributed by atoms with van der Waals surface area (Å²) in [7, 11) is 0. The molecule has 0 amide bonds. The SMILES string of the molecule is C/C=C/CCNc1c(C#N)nnc2ccccc12. The fourth-order valence-corrected chi connectivity index (χ4v) is 1.76. The van der Waals surface area contributed by atoms with E-state index in [2.05, 4.69) is 27.7 Å². The van der Waals surface area contributed by atoms with Gasteiger partial charge in [0, 0.05) is 11.9 Å². The minimum absolute atomic E-state index is 0.342. The molecule has 1 N–H and O–H groups in total. The Kier molecular flexibility index (Phi) is 3.87. The highest BCUT2D eigenvalue weighted by atomic mass is 15.1. The van der Waals surface area contributed by atoms with Crippen LogP contribution in [0, 0.1) is 11.3 Å². The van der Waals surface area contributed by atoms with Gasteiger partial charge >= 0.3 is 0 Å². The molecule has 1 aromatic heterocycles. The van der Waals surface area contributed by atoms with Crippen LogP contribution in [0.25, 0.3) is 10.9 Å². The normalized spacial score (nSPS) is 10.7. The van der Waals surface area contributed by atoms with E-state index in [0.29, 0.717) is 5.69 Å². The zero-order chi connectivity index (χ0) is 12.8. The van der Waals surface area contributed by atoms with Gasteiger partial charge in [0.25, 0.3) is 0 Å². The minimum atomic E-state index is 0.342. The van der Waals surface area contributed by atoms with Crippen molar-refractivity contribution in [2.24, 2.45) is 0 Å². The maximum absolute atomic E-state index is 9.07. The van der Waals surface area contributed by atoms with Crippen molar-refractivity contribution in [2.75, 3.05) is 11.9 Å². The van der Waals surface area contributed by atoms with Gasteiger partial charge in [0.1, 0.15) is 6.07 Å². The third-order valence-corrected chi connectivity index (χ3v) is 2.62. The standard InChI is InChI=1S/C14H14N4/c1-2-3-6-9-16-14-11-7-4-5-8-12(11)17-18-13(14)10-15/h2-5,7-8H,6,9H2,1H3,(H,16,17)/b3-2+. The van der Waals surface area contributed by atoms with Crippen molar-refractivity contribution >= 4 is 16.6 Å². The summed E-state index contributed by atoms with van der Waals surface area (Å²) in [5.74, 6) is 0. The van der Waals surface area contributed by atoms with Crippen LogP contribution in [-0.2, 0) is 0 Å². The fourth-order valence-electron chi connectivity index (χ4n) is 1.76. The van der Waals surface area contributed by atoms with Gasteiger partial charge in [-0.25, -0.2) is 0 Å². The van der Waals surface area contributed by atoms with Crippen LogP contribution < -0.4 is 5.32 Å². The molecule has 1 aromatic carbocycles. The van der Waals surface area contributed by atoms with Crippen LogP contribution in [0.5, 0.6) is 0 Å². The summed E-state index contributed by atoms with van der Waals surface area (Å²) in [4.78, 5) is 0. The first kappa shape index (κ1) is 12.1. The average molecular weight is 238 g/mol.